The van der Waals surface area contributed by atoms with E-state index in [9.17, 15) is 5.26 Å². The maximum Gasteiger partial charge on any atom is 0.0992 e. The van der Waals surface area contributed by atoms with Gasteiger partial charge in [0.05, 0.1) is 33.7 Å². The minimum Gasteiger partial charge on any atom is -0.309 e. The normalized spacial score (nSPS) is 13.7. The second kappa shape index (κ2) is 9.44. The van der Waals surface area contributed by atoms with E-state index in [-0.39, 0.29) is 0 Å². The Labute approximate surface area is 266 Å². The van der Waals surface area contributed by atoms with Crippen molar-refractivity contribution in [2.24, 2.45) is 0 Å². The molecule has 0 saturated heterocycles. The first-order valence-electron chi connectivity index (χ1n) is 15.9. The van der Waals surface area contributed by atoms with Gasteiger partial charge in [-0.05, 0) is 95.3 Å². The molecule has 0 atom stereocenters. The van der Waals surface area contributed by atoms with E-state index >= 15 is 0 Å². The summed E-state index contributed by atoms with van der Waals surface area (Å²) in [5.74, 6) is 0. The van der Waals surface area contributed by atoms with Crippen molar-refractivity contribution < 1.29 is 0 Å². The third kappa shape index (κ3) is 3.41. The van der Waals surface area contributed by atoms with E-state index in [0.717, 1.165) is 29.6 Å². The number of allylic oxidation sites excluding steroid dienone is 4. The third-order valence-corrected chi connectivity index (χ3v) is 9.96. The summed E-state index contributed by atoms with van der Waals surface area (Å²) in [6, 6.07) is 48.2. The number of benzene rings is 6. The second-order valence-corrected chi connectivity index (χ2v) is 12.4. The van der Waals surface area contributed by atoms with Gasteiger partial charge in [0.25, 0.3) is 0 Å². The highest BCUT2D eigenvalue weighted by Gasteiger charge is 2.26. The van der Waals surface area contributed by atoms with Gasteiger partial charge in [0, 0.05) is 38.5 Å². The molecule has 0 unspecified atom stereocenters. The monoisotopic (exact) mass is 585 g/mol. The molecule has 46 heavy (non-hydrogen) atoms. The van der Waals surface area contributed by atoms with Gasteiger partial charge < -0.3 is 9.13 Å². The molecule has 1 aliphatic heterocycles. The predicted molar refractivity (Wildman–Crippen MR) is 191 cm³/mol. The summed E-state index contributed by atoms with van der Waals surface area (Å²) in [6.07, 6.45) is 6.77. The molecule has 8 aromatic rings. The molecule has 0 spiro atoms. The Morgan fingerprint density at radius 2 is 1.22 bits per heavy atom. The molecule has 0 bridgehead atoms. The van der Waals surface area contributed by atoms with Crippen LogP contribution >= 0.6 is 0 Å². The van der Waals surface area contributed by atoms with Crippen LogP contribution in [0.4, 0.5) is 0 Å². The van der Waals surface area contributed by atoms with Crippen molar-refractivity contribution in [3.8, 4) is 34.0 Å². The summed E-state index contributed by atoms with van der Waals surface area (Å²) in [5.41, 5.74) is 15.5. The zero-order chi connectivity index (χ0) is 30.4. The number of para-hydroxylation sites is 2. The van der Waals surface area contributed by atoms with Gasteiger partial charge in [0.15, 0.2) is 0 Å². The molecule has 0 fully saturated rings. The molecule has 0 amide bonds. The first-order valence-corrected chi connectivity index (χ1v) is 15.9. The van der Waals surface area contributed by atoms with E-state index in [1.165, 1.54) is 71.7 Å². The molecule has 3 nitrogen and oxygen atoms in total. The Morgan fingerprint density at radius 1 is 0.543 bits per heavy atom. The van der Waals surface area contributed by atoms with Crippen LogP contribution in [0.5, 0.6) is 0 Å². The Balaban J connectivity index is 1.21. The van der Waals surface area contributed by atoms with Crippen molar-refractivity contribution in [1.29, 1.82) is 5.26 Å². The highest BCUT2D eigenvalue weighted by Crippen LogP contribution is 2.47. The average molecular weight is 586 g/mol. The van der Waals surface area contributed by atoms with Crippen molar-refractivity contribution in [3.63, 3.8) is 0 Å². The Morgan fingerprint density at radius 3 is 2.07 bits per heavy atom. The van der Waals surface area contributed by atoms with E-state index in [0.29, 0.717) is 5.56 Å². The maximum atomic E-state index is 9.57. The van der Waals surface area contributed by atoms with Gasteiger partial charge in [-0.1, -0.05) is 84.9 Å². The van der Waals surface area contributed by atoms with Crippen LogP contribution in [0.25, 0.3) is 82.8 Å². The number of hydrogen-bond acceptors (Lipinski definition) is 1. The average Bonchev–Trinajstić information content (AvgIpc) is 3.59. The van der Waals surface area contributed by atoms with Gasteiger partial charge in [0.2, 0.25) is 0 Å². The van der Waals surface area contributed by atoms with Gasteiger partial charge >= 0.3 is 0 Å². The zero-order valence-electron chi connectivity index (χ0n) is 25.0. The van der Waals surface area contributed by atoms with Gasteiger partial charge in [-0.15, -0.1) is 0 Å². The smallest absolute Gasteiger partial charge is 0.0992 e. The molecule has 0 saturated carbocycles. The number of rotatable bonds is 2. The first kappa shape index (κ1) is 25.2. The largest absolute Gasteiger partial charge is 0.309 e. The van der Waals surface area contributed by atoms with Gasteiger partial charge in [-0.25, -0.2) is 0 Å². The van der Waals surface area contributed by atoms with E-state index < -0.39 is 0 Å². The van der Waals surface area contributed by atoms with Crippen LogP contribution in [0.3, 0.4) is 0 Å². The molecule has 3 heterocycles. The standard InChI is InChI=1S/C43H27N3/c44-26-27-9-7-10-30(23-27)45-39-17-5-4-14-34(39)37-24-28(19-21-41(37)45)29-20-22-42-38(25-29)36-16-8-15-35-32-12-2-1-11-31(32)33-13-3-6-18-40(33)46(42)43(35)36/h1-2,4-12,14-25H,3,13H2. The van der Waals surface area contributed by atoms with E-state index in [4.69, 9.17) is 0 Å². The number of fused-ring (bicyclic) bond motifs is 10. The predicted octanol–water partition coefficient (Wildman–Crippen LogP) is 11.1. The maximum absolute atomic E-state index is 9.57. The topological polar surface area (TPSA) is 33.6 Å². The first-order chi connectivity index (χ1) is 22.8. The fourth-order valence-corrected chi connectivity index (χ4v) is 7.98. The van der Waals surface area contributed by atoms with Crippen LogP contribution in [0, 0.1) is 11.3 Å². The lowest BCUT2D eigenvalue weighted by Crippen LogP contribution is -2.00. The molecule has 3 heteroatoms. The zero-order valence-corrected chi connectivity index (χ0v) is 25.0. The lowest BCUT2D eigenvalue weighted by atomic mass is 9.89. The lowest BCUT2D eigenvalue weighted by Gasteiger charge is -2.18. The summed E-state index contributed by atoms with van der Waals surface area (Å²) in [4.78, 5) is 0. The van der Waals surface area contributed by atoms with Crippen molar-refractivity contribution in [2.45, 2.75) is 12.8 Å². The van der Waals surface area contributed by atoms with Crippen LogP contribution in [0.2, 0.25) is 0 Å². The number of hydrogen-bond donors (Lipinski definition) is 0. The molecule has 0 N–H and O–H groups in total. The van der Waals surface area contributed by atoms with Crippen molar-refractivity contribution in [1.82, 2.24) is 9.13 Å². The van der Waals surface area contributed by atoms with E-state index in [2.05, 4.69) is 137 Å². The van der Waals surface area contributed by atoms with E-state index in [1.54, 1.807) is 0 Å². The van der Waals surface area contributed by atoms with Crippen molar-refractivity contribution in [2.75, 3.05) is 0 Å². The second-order valence-electron chi connectivity index (χ2n) is 12.4. The fourth-order valence-electron chi connectivity index (χ4n) is 7.98. The van der Waals surface area contributed by atoms with Crippen LogP contribution in [-0.2, 0) is 0 Å². The minimum atomic E-state index is 0.658. The molecule has 0 radical (unpaired) electrons. The van der Waals surface area contributed by atoms with Crippen molar-refractivity contribution >= 4 is 54.9 Å². The Bertz CT molecular complexity index is 2700. The minimum absolute atomic E-state index is 0.658. The fraction of sp³-hybridized carbons (Fsp3) is 0.0465. The van der Waals surface area contributed by atoms with Crippen LogP contribution in [0.15, 0.2) is 140 Å². The molecule has 2 aromatic heterocycles. The van der Waals surface area contributed by atoms with E-state index in [1.807, 2.05) is 18.2 Å². The Hall–Kier alpha value is -6.11. The van der Waals surface area contributed by atoms with Crippen molar-refractivity contribution in [3.05, 3.63) is 151 Å². The van der Waals surface area contributed by atoms with Gasteiger partial charge in [-0.2, -0.15) is 5.26 Å². The lowest BCUT2D eigenvalue weighted by molar-refractivity contribution is 1.04. The summed E-state index contributed by atoms with van der Waals surface area (Å²) >= 11 is 0. The van der Waals surface area contributed by atoms with Crippen LogP contribution in [0.1, 0.15) is 24.0 Å². The van der Waals surface area contributed by atoms with Gasteiger partial charge in [0.1, 0.15) is 0 Å². The number of aromatic nitrogens is 2. The highest BCUT2D eigenvalue weighted by molar-refractivity contribution is 6.19. The van der Waals surface area contributed by atoms with Crippen LogP contribution in [-0.4, -0.2) is 9.13 Å². The summed E-state index contributed by atoms with van der Waals surface area (Å²) in [6.45, 7) is 0. The summed E-state index contributed by atoms with van der Waals surface area (Å²) in [5, 5.41) is 14.5. The Kier molecular flexibility index (Phi) is 5.18. The highest BCUT2D eigenvalue weighted by atomic mass is 15.0. The molecule has 1 aliphatic carbocycles. The van der Waals surface area contributed by atoms with Crippen LogP contribution < -0.4 is 0 Å². The molecular formula is C43H27N3. The molecule has 6 aromatic carbocycles. The SMILES string of the molecule is N#Cc1cccc(-n2c3ccccc3c3cc(-c4ccc5c(c4)c4cccc6c4n5C4=C(CCC=C4)c4ccccc4-6)ccc32)c1. The number of nitrogens with zero attached hydrogens (tertiary/aromatic N) is 3. The summed E-state index contributed by atoms with van der Waals surface area (Å²) in [7, 11) is 0. The number of nitriles is 1. The van der Waals surface area contributed by atoms with Gasteiger partial charge in [-0.3, -0.25) is 0 Å². The molecule has 2 aliphatic rings. The third-order valence-electron chi connectivity index (χ3n) is 9.96. The summed E-state index contributed by atoms with van der Waals surface area (Å²) < 4.78 is 4.79. The molecule has 214 valence electrons. The molecule has 10 rings (SSSR count). The quantitative estimate of drug-likeness (QED) is 0.199. The molecular weight excluding hydrogens is 558 g/mol.